The van der Waals surface area contributed by atoms with E-state index in [2.05, 4.69) is 67.6 Å². The monoisotopic (exact) mass is 288 g/mol. The van der Waals surface area contributed by atoms with Crippen LogP contribution < -0.4 is 0 Å². The average Bonchev–Trinajstić information content (AvgIpc) is 1.43. The summed E-state index contributed by atoms with van der Waals surface area (Å²) < 4.78 is -1.15. The highest BCUT2D eigenvalue weighted by atomic mass is 33.3. The summed E-state index contributed by atoms with van der Waals surface area (Å²) in [4.78, 5) is 0. The molecule has 6 heteroatoms. The first-order chi connectivity index (χ1) is 5.41. The normalized spacial score (nSPS) is 14.7. The maximum atomic E-state index is 5.75. The van der Waals surface area contributed by atoms with Crippen molar-refractivity contribution in [2.24, 2.45) is 0 Å². The first-order valence-corrected chi connectivity index (χ1v) is 18.9. The maximum Gasteiger partial charge on any atom is 0.115 e. The second-order valence-electron chi connectivity index (χ2n) is 5.18. The van der Waals surface area contributed by atoms with Crippen LogP contribution in [-0.2, 0) is 11.8 Å². The van der Waals surface area contributed by atoms with Crippen molar-refractivity contribution in [3.05, 3.63) is 0 Å². The van der Waals surface area contributed by atoms with Crippen LogP contribution in [0.25, 0.3) is 0 Å². The Bertz CT molecular complexity index is 197. The van der Waals surface area contributed by atoms with Crippen molar-refractivity contribution in [3.8, 4) is 0 Å². The van der Waals surface area contributed by atoms with Crippen LogP contribution in [0.1, 0.15) is 0 Å². The van der Waals surface area contributed by atoms with E-state index in [4.69, 9.17) is 11.8 Å². The molecule has 0 aliphatic rings. The molecule has 0 saturated carbocycles. The van der Waals surface area contributed by atoms with Gasteiger partial charge in [0.05, 0.1) is 0 Å². The highest BCUT2D eigenvalue weighted by Crippen LogP contribution is 2.71. The Morgan fingerprint density at radius 1 is 0.846 bits per heavy atom. The molecular weight excluding hydrogens is 267 g/mol. The van der Waals surface area contributed by atoms with Gasteiger partial charge in [0.25, 0.3) is 0 Å². The molecular formula is C7H21PS3Si2. The first-order valence-electron chi connectivity index (χ1n) is 4.40. The van der Waals surface area contributed by atoms with E-state index < -0.39 is 18.9 Å². The third-order valence-electron chi connectivity index (χ3n) is 0.879. The van der Waals surface area contributed by atoms with Crippen molar-refractivity contribution in [3.63, 3.8) is 0 Å². The molecule has 0 saturated heterocycles. The van der Waals surface area contributed by atoms with E-state index in [1.807, 2.05) is 0 Å². The van der Waals surface area contributed by atoms with Crippen LogP contribution in [0.15, 0.2) is 0 Å². The fraction of sp³-hybridized carbons (Fsp3) is 1.00. The Kier molecular flexibility index (Phi) is 5.40. The standard InChI is InChI=1S/C7H21PS3Si2/c1-8(9,10-12(2,3)4)11-13(5,6)7/h1-7H3. The molecule has 13 heavy (non-hydrogen) atoms. The highest BCUT2D eigenvalue weighted by molar-refractivity contribution is 9.10. The largest absolute Gasteiger partial charge is 0.141 e. The van der Waals surface area contributed by atoms with Crippen molar-refractivity contribution < 1.29 is 0 Å². The van der Waals surface area contributed by atoms with E-state index in [0.717, 1.165) is 0 Å². The van der Waals surface area contributed by atoms with Crippen molar-refractivity contribution in [1.82, 2.24) is 0 Å². The van der Waals surface area contributed by atoms with Gasteiger partial charge in [-0.15, -0.1) is 21.7 Å². The van der Waals surface area contributed by atoms with Crippen molar-refractivity contribution in [2.45, 2.75) is 39.3 Å². The van der Waals surface area contributed by atoms with Crippen LogP contribution in [-0.4, -0.2) is 21.1 Å². The van der Waals surface area contributed by atoms with Gasteiger partial charge in [0.2, 0.25) is 0 Å². The predicted octanol–water partition coefficient (Wildman–Crippen LogP) is 5.06. The minimum absolute atomic E-state index is 1.03. The molecule has 0 nitrogen and oxygen atoms in total. The predicted molar refractivity (Wildman–Crippen MR) is 82.1 cm³/mol. The number of hydrogen-bond acceptors (Lipinski definition) is 3. The molecule has 80 valence electrons. The minimum Gasteiger partial charge on any atom is -0.141 e. The zero-order valence-corrected chi connectivity index (χ0v) is 15.0. The fourth-order valence-electron chi connectivity index (χ4n) is 1.01. The molecule has 0 aromatic rings. The molecule has 0 heterocycles. The molecule has 0 rings (SSSR count). The molecule has 0 N–H and O–H groups in total. The Morgan fingerprint density at radius 2 is 1.08 bits per heavy atom. The fourth-order valence-corrected chi connectivity index (χ4v) is 55.5. The number of hydrogen-bond donors (Lipinski definition) is 0. The van der Waals surface area contributed by atoms with Crippen molar-refractivity contribution in [1.29, 1.82) is 0 Å². The Labute approximate surface area is 97.8 Å². The molecule has 0 aliphatic carbocycles. The zero-order chi connectivity index (χ0) is 10.9. The van der Waals surface area contributed by atoms with Gasteiger partial charge in [-0.2, -0.15) is 0 Å². The quantitative estimate of drug-likeness (QED) is 0.524. The molecule has 0 spiro atoms. The topological polar surface area (TPSA) is 0 Å². The van der Waals surface area contributed by atoms with Crippen LogP contribution in [0.3, 0.4) is 0 Å². The summed E-state index contributed by atoms with van der Waals surface area (Å²) in [5, 5.41) is 0. The number of rotatable bonds is 4. The second kappa shape index (κ2) is 4.75. The third-order valence-corrected chi connectivity index (χ3v) is 31.8. The lowest BCUT2D eigenvalue weighted by Gasteiger charge is -2.29. The van der Waals surface area contributed by atoms with E-state index in [1.165, 1.54) is 0 Å². The van der Waals surface area contributed by atoms with Gasteiger partial charge in [-0.1, -0.05) is 51.1 Å². The zero-order valence-electron chi connectivity index (χ0n) is 9.67. The summed E-state index contributed by atoms with van der Waals surface area (Å²) in [5.41, 5.74) is 0. The summed E-state index contributed by atoms with van der Waals surface area (Å²) in [5.74, 6) is 0. The van der Waals surface area contributed by atoms with Gasteiger partial charge in [0.15, 0.2) is 0 Å². The van der Waals surface area contributed by atoms with Crippen LogP contribution in [0.5, 0.6) is 0 Å². The summed E-state index contributed by atoms with van der Waals surface area (Å²) in [6.45, 7) is 16.7. The SMILES string of the molecule is C[Si](C)(C)SP(C)(=S)S[Si](C)(C)C. The van der Waals surface area contributed by atoms with E-state index in [9.17, 15) is 0 Å². The summed E-state index contributed by atoms with van der Waals surface area (Å²) in [7, 11) is 2.24. The summed E-state index contributed by atoms with van der Waals surface area (Å²) in [6, 6.07) is 0. The molecule has 0 amide bonds. The van der Waals surface area contributed by atoms with Crippen molar-refractivity contribution >= 4 is 52.4 Å². The van der Waals surface area contributed by atoms with Gasteiger partial charge < -0.3 is 0 Å². The molecule has 0 unspecified atom stereocenters. The third kappa shape index (κ3) is 10.1. The molecule has 0 radical (unpaired) electrons. The maximum absolute atomic E-state index is 5.75. The van der Waals surface area contributed by atoms with E-state index in [0.29, 0.717) is 0 Å². The van der Waals surface area contributed by atoms with Gasteiger partial charge in [0, 0.05) is 4.44 Å². The van der Waals surface area contributed by atoms with Gasteiger partial charge >= 0.3 is 0 Å². The summed E-state index contributed by atoms with van der Waals surface area (Å²) >= 11 is 5.75. The van der Waals surface area contributed by atoms with Crippen LogP contribution >= 0.6 is 26.1 Å². The smallest absolute Gasteiger partial charge is 0.115 e. The summed E-state index contributed by atoms with van der Waals surface area (Å²) in [6.07, 6.45) is 0. The molecule has 0 aromatic heterocycles. The molecule has 0 atom stereocenters. The van der Waals surface area contributed by atoms with Gasteiger partial charge in [0.1, 0.15) is 14.4 Å². The second-order valence-corrected chi connectivity index (χ2v) is 35.9. The van der Waals surface area contributed by atoms with Crippen LogP contribution in [0.4, 0.5) is 0 Å². The molecule has 0 aliphatic heterocycles. The average molecular weight is 289 g/mol. The lowest BCUT2D eigenvalue weighted by atomic mass is 11.8. The van der Waals surface area contributed by atoms with E-state index in [1.54, 1.807) is 0 Å². The van der Waals surface area contributed by atoms with E-state index >= 15 is 0 Å². The lowest BCUT2D eigenvalue weighted by molar-refractivity contribution is 1.88. The molecule has 0 aromatic carbocycles. The molecule has 0 bridgehead atoms. The van der Waals surface area contributed by atoms with Crippen LogP contribution in [0.2, 0.25) is 39.3 Å². The Balaban J connectivity index is 4.35. The first kappa shape index (κ1) is 14.8. The highest BCUT2D eigenvalue weighted by Gasteiger charge is 2.28. The molecule has 0 fully saturated rings. The Hall–Kier alpha value is 1.78. The van der Waals surface area contributed by atoms with E-state index in [-0.39, 0.29) is 0 Å². The van der Waals surface area contributed by atoms with Gasteiger partial charge in [-0.05, 0) is 6.66 Å². The minimum atomic E-state index is -1.15. The Morgan fingerprint density at radius 3 is 1.23 bits per heavy atom. The van der Waals surface area contributed by atoms with Crippen LogP contribution in [0, 0.1) is 0 Å². The van der Waals surface area contributed by atoms with Gasteiger partial charge in [-0.3, -0.25) is 0 Å². The van der Waals surface area contributed by atoms with Crippen molar-refractivity contribution in [2.75, 3.05) is 6.66 Å². The lowest BCUT2D eigenvalue weighted by Crippen LogP contribution is -2.16. The van der Waals surface area contributed by atoms with Gasteiger partial charge in [-0.25, -0.2) is 0 Å².